The number of halogens is 1. The zero-order valence-corrected chi connectivity index (χ0v) is 12.5. The molecule has 0 aromatic carbocycles. The van der Waals surface area contributed by atoms with Crippen molar-refractivity contribution in [3.63, 3.8) is 0 Å². The number of hydrogen-bond donors (Lipinski definition) is 1. The zero-order chi connectivity index (χ0) is 14.4. The number of aromatic nitrogens is 2. The first-order chi connectivity index (χ1) is 9.40. The Morgan fingerprint density at radius 2 is 2.25 bits per heavy atom. The van der Waals surface area contributed by atoms with Crippen LogP contribution in [0, 0.1) is 12.3 Å². The molecule has 4 nitrogen and oxygen atoms in total. The Balaban J connectivity index is 0.00000161. The molecule has 3 rings (SSSR count). The first kappa shape index (κ1) is 13.7. The van der Waals surface area contributed by atoms with E-state index in [1.54, 1.807) is 13.1 Å². The molecule has 1 aliphatic carbocycles. The summed E-state index contributed by atoms with van der Waals surface area (Å²) in [7, 11) is 2.06. The molecule has 0 bridgehead atoms. The van der Waals surface area contributed by atoms with Gasteiger partial charge in [0.1, 0.15) is 5.67 Å². The highest BCUT2D eigenvalue weighted by Gasteiger charge is 2.58. The number of aryl methyl sites for hydroxylation is 1. The van der Waals surface area contributed by atoms with Gasteiger partial charge in [0.2, 0.25) is 5.95 Å². The largest absolute Gasteiger partial charge is 0.351 e. The number of nitrogens with zero attached hydrogens (tertiary/aromatic N) is 3. The number of likely N-dealkylation sites (tertiary alicyclic amines) is 1. The van der Waals surface area contributed by atoms with Gasteiger partial charge in [0.15, 0.2) is 0 Å². The Hall–Kier alpha value is -1.23. The number of alkyl halides is 1. The minimum absolute atomic E-state index is 0. The highest BCUT2D eigenvalue weighted by atomic mass is 19.1. The summed E-state index contributed by atoms with van der Waals surface area (Å²) in [6.07, 6.45) is 4.21. The lowest BCUT2D eigenvalue weighted by Crippen LogP contribution is -2.66. The third kappa shape index (κ3) is 2.28. The van der Waals surface area contributed by atoms with Crippen molar-refractivity contribution < 1.29 is 5.82 Å². The Bertz CT molecular complexity index is 502. The summed E-state index contributed by atoms with van der Waals surface area (Å²) in [5, 5.41) is 3.30. The number of hydrogen-bond acceptors (Lipinski definition) is 4. The van der Waals surface area contributed by atoms with Crippen LogP contribution in [0.15, 0.2) is 12.3 Å². The van der Waals surface area contributed by atoms with Crippen molar-refractivity contribution in [2.75, 3.05) is 25.5 Å². The summed E-state index contributed by atoms with van der Waals surface area (Å²) in [6.45, 7) is 5.47. The molecule has 1 aliphatic heterocycles. The Morgan fingerprint density at radius 3 is 2.85 bits per heavy atom. The molecule has 1 aromatic rings. The molecular weight excluding hydrogens is 255 g/mol. The number of rotatable bonds is 2. The molecule has 2 fully saturated rings. The second-order valence-electron chi connectivity index (χ2n) is 6.76. The van der Waals surface area contributed by atoms with Gasteiger partial charge in [0.25, 0.3) is 0 Å². The summed E-state index contributed by atoms with van der Waals surface area (Å²) in [6, 6.07) is 1.99. The van der Waals surface area contributed by atoms with Gasteiger partial charge in [-0.1, -0.05) is 0 Å². The third-order valence-corrected chi connectivity index (χ3v) is 4.98. The van der Waals surface area contributed by atoms with E-state index in [4.69, 9.17) is 0 Å². The molecule has 2 unspecified atom stereocenters. The summed E-state index contributed by atoms with van der Waals surface area (Å²) in [5.74, 6) is 0.618. The highest BCUT2D eigenvalue weighted by Crippen LogP contribution is 2.52. The SMILES string of the molecule is Cc1ccnc(NC2CCC3(CN(C)C3)C(C)(F)C2)n1.[HH]. The molecule has 1 saturated heterocycles. The van der Waals surface area contributed by atoms with Crippen molar-refractivity contribution in [1.82, 2.24) is 14.9 Å². The molecule has 2 atom stereocenters. The second kappa shape index (κ2) is 4.65. The molecule has 1 aromatic heterocycles. The average molecular weight is 280 g/mol. The summed E-state index contributed by atoms with van der Waals surface area (Å²) >= 11 is 0. The van der Waals surface area contributed by atoms with Crippen molar-refractivity contribution in [1.29, 1.82) is 0 Å². The van der Waals surface area contributed by atoms with Gasteiger partial charge in [-0.25, -0.2) is 14.4 Å². The van der Waals surface area contributed by atoms with E-state index in [1.165, 1.54) is 0 Å². The lowest BCUT2D eigenvalue weighted by atomic mass is 9.59. The Labute approximate surface area is 121 Å². The molecule has 1 saturated carbocycles. The Morgan fingerprint density at radius 1 is 1.50 bits per heavy atom. The average Bonchev–Trinajstić information content (AvgIpc) is 2.31. The summed E-state index contributed by atoms with van der Waals surface area (Å²) in [5.41, 5.74) is -0.314. The lowest BCUT2D eigenvalue weighted by molar-refractivity contribution is -0.129. The number of nitrogens with one attached hydrogen (secondary N) is 1. The molecule has 2 aliphatic rings. The van der Waals surface area contributed by atoms with Gasteiger partial charge in [-0.15, -0.1) is 0 Å². The molecule has 0 amide bonds. The maximum absolute atomic E-state index is 15.1. The van der Waals surface area contributed by atoms with Crippen LogP contribution in [0.2, 0.25) is 0 Å². The van der Waals surface area contributed by atoms with Crippen molar-refractivity contribution in [3.05, 3.63) is 18.0 Å². The van der Waals surface area contributed by atoms with E-state index in [1.807, 2.05) is 13.0 Å². The van der Waals surface area contributed by atoms with E-state index in [9.17, 15) is 0 Å². The van der Waals surface area contributed by atoms with Crippen LogP contribution in [0.4, 0.5) is 10.3 Å². The molecule has 0 radical (unpaired) electrons. The summed E-state index contributed by atoms with van der Waals surface area (Å²) < 4.78 is 15.1. The lowest BCUT2D eigenvalue weighted by Gasteiger charge is -2.58. The highest BCUT2D eigenvalue weighted by molar-refractivity contribution is 5.28. The van der Waals surface area contributed by atoms with Crippen LogP contribution in [0.5, 0.6) is 0 Å². The van der Waals surface area contributed by atoms with E-state index in [2.05, 4.69) is 27.2 Å². The smallest absolute Gasteiger partial charge is 0.223 e. The fraction of sp³-hybridized carbons (Fsp3) is 0.733. The van der Waals surface area contributed by atoms with Crippen LogP contribution < -0.4 is 5.32 Å². The molecule has 2 heterocycles. The van der Waals surface area contributed by atoms with Gasteiger partial charge >= 0.3 is 0 Å². The van der Waals surface area contributed by atoms with Gasteiger partial charge in [-0.2, -0.15) is 0 Å². The van der Waals surface area contributed by atoms with E-state index in [0.717, 1.165) is 31.6 Å². The first-order valence-electron chi connectivity index (χ1n) is 7.34. The van der Waals surface area contributed by atoms with Crippen LogP contribution in [0.1, 0.15) is 33.3 Å². The van der Waals surface area contributed by atoms with Crippen LogP contribution in [0.25, 0.3) is 0 Å². The standard InChI is InChI=1S/C15H23FN4.H2/c1-11-5-7-17-13(18-11)19-12-4-6-15(9-20(3)10-15)14(2,16)8-12;/h5,7,12H,4,6,8-10H2,1-3H3,(H,17,18,19);1H. The van der Waals surface area contributed by atoms with Crippen molar-refractivity contribution in [3.8, 4) is 0 Å². The fourth-order valence-electron chi connectivity index (χ4n) is 3.79. The van der Waals surface area contributed by atoms with Crippen molar-refractivity contribution in [2.45, 2.75) is 44.8 Å². The minimum atomic E-state index is -1.11. The van der Waals surface area contributed by atoms with Crippen LogP contribution in [0.3, 0.4) is 0 Å². The molecule has 5 heteroatoms. The molecular formula is C15H25FN4. The predicted molar refractivity (Wildman–Crippen MR) is 79.6 cm³/mol. The molecule has 112 valence electrons. The number of anilines is 1. The van der Waals surface area contributed by atoms with Gasteiger partial charge in [0, 0.05) is 44.3 Å². The first-order valence-corrected chi connectivity index (χ1v) is 7.34. The van der Waals surface area contributed by atoms with E-state index < -0.39 is 5.67 Å². The van der Waals surface area contributed by atoms with Gasteiger partial charge in [0.05, 0.1) is 0 Å². The van der Waals surface area contributed by atoms with Crippen molar-refractivity contribution in [2.24, 2.45) is 5.41 Å². The van der Waals surface area contributed by atoms with Crippen LogP contribution >= 0.6 is 0 Å². The maximum Gasteiger partial charge on any atom is 0.223 e. The van der Waals surface area contributed by atoms with E-state index in [0.29, 0.717) is 12.4 Å². The van der Waals surface area contributed by atoms with Gasteiger partial charge < -0.3 is 10.2 Å². The van der Waals surface area contributed by atoms with Gasteiger partial charge in [-0.3, -0.25) is 0 Å². The fourth-order valence-corrected chi connectivity index (χ4v) is 3.79. The normalized spacial score (nSPS) is 32.9. The van der Waals surface area contributed by atoms with E-state index >= 15 is 4.39 Å². The maximum atomic E-state index is 15.1. The zero-order valence-electron chi connectivity index (χ0n) is 12.5. The minimum Gasteiger partial charge on any atom is -0.351 e. The van der Waals surface area contributed by atoms with Crippen LogP contribution in [-0.4, -0.2) is 46.7 Å². The van der Waals surface area contributed by atoms with Crippen LogP contribution in [-0.2, 0) is 0 Å². The molecule has 1 N–H and O–H groups in total. The quantitative estimate of drug-likeness (QED) is 0.904. The van der Waals surface area contributed by atoms with Crippen molar-refractivity contribution >= 4 is 5.95 Å². The third-order valence-electron chi connectivity index (χ3n) is 4.98. The Kier molecular flexibility index (Phi) is 3.20. The molecule has 1 spiro atoms. The predicted octanol–water partition coefficient (Wildman–Crippen LogP) is 2.66. The second-order valence-corrected chi connectivity index (χ2v) is 6.76. The topological polar surface area (TPSA) is 41.1 Å². The van der Waals surface area contributed by atoms with Gasteiger partial charge in [-0.05, 0) is 39.8 Å². The molecule has 20 heavy (non-hydrogen) atoms. The van der Waals surface area contributed by atoms with E-state index in [-0.39, 0.29) is 12.9 Å². The summed E-state index contributed by atoms with van der Waals surface area (Å²) in [4.78, 5) is 10.8. The monoisotopic (exact) mass is 280 g/mol.